The van der Waals surface area contributed by atoms with E-state index in [1.165, 1.54) is 6.92 Å². The highest BCUT2D eigenvalue weighted by Gasteiger charge is 2.27. The Balaban J connectivity index is 1.55. The number of urea groups is 1. The number of nitrogens with one attached hydrogen (secondary N) is 3. The van der Waals surface area contributed by atoms with E-state index in [4.69, 9.17) is 21.1 Å². The first-order chi connectivity index (χ1) is 16.8. The molecule has 1 saturated heterocycles. The third kappa shape index (κ3) is 7.51. The number of nitrogens with zero attached hydrogens (tertiary/aromatic N) is 1. The minimum absolute atomic E-state index is 0.0938. The highest BCUT2D eigenvalue weighted by molar-refractivity contribution is 6.30. The minimum atomic E-state index is -0.739. The number of benzene rings is 2. The zero-order valence-corrected chi connectivity index (χ0v) is 20.9. The van der Waals surface area contributed by atoms with Crippen LogP contribution in [-0.2, 0) is 16.0 Å². The molecule has 4 amide bonds. The second kappa shape index (κ2) is 12.3. The molecule has 0 spiro atoms. The van der Waals surface area contributed by atoms with Gasteiger partial charge in [0.2, 0.25) is 11.8 Å². The highest BCUT2D eigenvalue weighted by atomic mass is 35.5. The van der Waals surface area contributed by atoms with Crippen LogP contribution in [0.1, 0.15) is 25.3 Å². The van der Waals surface area contributed by atoms with E-state index in [-0.39, 0.29) is 23.9 Å². The van der Waals surface area contributed by atoms with E-state index in [0.29, 0.717) is 54.6 Å². The summed E-state index contributed by atoms with van der Waals surface area (Å²) in [5, 5.41) is 9.22. The highest BCUT2D eigenvalue weighted by Crippen LogP contribution is 2.28. The summed E-state index contributed by atoms with van der Waals surface area (Å²) < 4.78 is 10.6. The third-order valence-corrected chi connectivity index (χ3v) is 6.06. The third-order valence-electron chi connectivity index (χ3n) is 5.81. The number of halogens is 1. The lowest BCUT2D eigenvalue weighted by molar-refractivity contribution is -0.128. The summed E-state index contributed by atoms with van der Waals surface area (Å²) in [6.45, 7) is 2.39. The van der Waals surface area contributed by atoms with Crippen molar-refractivity contribution in [3.05, 3.63) is 53.1 Å². The van der Waals surface area contributed by atoms with Gasteiger partial charge in [0, 0.05) is 43.2 Å². The van der Waals surface area contributed by atoms with Crippen LogP contribution in [0.4, 0.5) is 10.5 Å². The van der Waals surface area contributed by atoms with Gasteiger partial charge in [-0.1, -0.05) is 17.7 Å². The van der Waals surface area contributed by atoms with Crippen molar-refractivity contribution in [3.8, 4) is 11.5 Å². The van der Waals surface area contributed by atoms with Gasteiger partial charge < -0.3 is 30.3 Å². The molecule has 0 radical (unpaired) electrons. The summed E-state index contributed by atoms with van der Waals surface area (Å²) in [6, 6.07) is 11.3. The zero-order valence-electron chi connectivity index (χ0n) is 20.1. The lowest BCUT2D eigenvalue weighted by atomic mass is 10.0. The van der Waals surface area contributed by atoms with Gasteiger partial charge in [-0.3, -0.25) is 9.59 Å². The summed E-state index contributed by atoms with van der Waals surface area (Å²) in [5.41, 5.74) is 1.49. The van der Waals surface area contributed by atoms with Gasteiger partial charge in [-0.05, 0) is 54.8 Å². The first-order valence-corrected chi connectivity index (χ1v) is 11.8. The maximum Gasteiger partial charge on any atom is 0.321 e. The molecule has 188 valence electrons. The first kappa shape index (κ1) is 26.2. The number of hydrogen-bond acceptors (Lipinski definition) is 5. The zero-order chi connectivity index (χ0) is 25.4. The Morgan fingerprint density at radius 3 is 2.29 bits per heavy atom. The molecule has 1 aliphatic heterocycles. The molecule has 10 heteroatoms. The maximum atomic E-state index is 13.0. The summed E-state index contributed by atoms with van der Waals surface area (Å²) in [6.07, 6.45) is 1.53. The van der Waals surface area contributed by atoms with Crippen molar-refractivity contribution in [2.75, 3.05) is 32.6 Å². The van der Waals surface area contributed by atoms with Crippen LogP contribution in [0.15, 0.2) is 42.5 Å². The van der Waals surface area contributed by atoms with E-state index < -0.39 is 6.04 Å². The van der Waals surface area contributed by atoms with Crippen LogP contribution in [0.3, 0.4) is 0 Å². The van der Waals surface area contributed by atoms with Crippen LogP contribution >= 0.6 is 11.6 Å². The quantitative estimate of drug-likeness (QED) is 0.513. The molecule has 0 aliphatic carbocycles. The molecule has 0 bridgehead atoms. The summed E-state index contributed by atoms with van der Waals surface area (Å²) >= 11 is 5.88. The first-order valence-electron chi connectivity index (χ1n) is 11.4. The maximum absolute atomic E-state index is 13.0. The van der Waals surface area contributed by atoms with Crippen LogP contribution in [0, 0.1) is 0 Å². The van der Waals surface area contributed by atoms with E-state index in [0.717, 1.165) is 5.56 Å². The monoisotopic (exact) mass is 502 g/mol. The summed E-state index contributed by atoms with van der Waals surface area (Å²) in [7, 11) is 3.10. The predicted octanol–water partition coefficient (Wildman–Crippen LogP) is 3.22. The largest absolute Gasteiger partial charge is 0.493 e. The standard InChI is InChI=1S/C25H31ClN4O5/c1-16(31)27-21(14-17-4-9-22(34-2)23(15-17)35-3)24(32)28-20-10-12-30(13-11-20)25(33)29-19-7-5-18(26)6-8-19/h4-9,15,20-21H,10-14H2,1-3H3,(H,27,31)(H,28,32)(H,29,33)/t21-/m0/s1. The van der Waals surface area contributed by atoms with Gasteiger partial charge >= 0.3 is 6.03 Å². The molecular weight excluding hydrogens is 472 g/mol. The number of piperidine rings is 1. The van der Waals surface area contributed by atoms with Crippen molar-refractivity contribution in [3.63, 3.8) is 0 Å². The smallest absolute Gasteiger partial charge is 0.321 e. The normalized spacial score (nSPS) is 14.6. The Morgan fingerprint density at radius 1 is 1.03 bits per heavy atom. The van der Waals surface area contributed by atoms with E-state index in [9.17, 15) is 14.4 Å². The lowest BCUT2D eigenvalue weighted by Gasteiger charge is -2.33. The number of hydrogen-bond donors (Lipinski definition) is 3. The number of methoxy groups -OCH3 is 2. The molecule has 0 saturated carbocycles. The molecular formula is C25H31ClN4O5. The van der Waals surface area contributed by atoms with Gasteiger partial charge in [-0.2, -0.15) is 0 Å². The second-order valence-corrected chi connectivity index (χ2v) is 8.79. The number of carbonyl (C=O) groups is 3. The molecule has 0 unspecified atom stereocenters. The van der Waals surface area contributed by atoms with Gasteiger partial charge in [0.15, 0.2) is 11.5 Å². The Bertz CT molecular complexity index is 1040. The second-order valence-electron chi connectivity index (χ2n) is 8.35. The SMILES string of the molecule is COc1ccc(C[C@H](NC(C)=O)C(=O)NC2CCN(C(=O)Nc3ccc(Cl)cc3)CC2)cc1OC. The Kier molecular flexibility index (Phi) is 9.19. The molecule has 0 aromatic heterocycles. The fraction of sp³-hybridized carbons (Fsp3) is 0.400. The van der Waals surface area contributed by atoms with Crippen molar-refractivity contribution < 1.29 is 23.9 Å². The fourth-order valence-corrected chi connectivity index (χ4v) is 4.09. The van der Waals surface area contributed by atoms with Gasteiger partial charge in [-0.15, -0.1) is 0 Å². The molecule has 2 aromatic rings. The van der Waals surface area contributed by atoms with E-state index in [1.54, 1.807) is 55.5 Å². The molecule has 1 fully saturated rings. The van der Waals surface area contributed by atoms with Crippen molar-refractivity contribution in [2.24, 2.45) is 0 Å². The number of rotatable bonds is 8. The van der Waals surface area contributed by atoms with Crippen LogP contribution in [0.25, 0.3) is 0 Å². The van der Waals surface area contributed by atoms with Crippen molar-refractivity contribution in [1.82, 2.24) is 15.5 Å². The van der Waals surface area contributed by atoms with E-state index in [2.05, 4.69) is 16.0 Å². The number of ether oxygens (including phenoxy) is 2. The number of carbonyl (C=O) groups excluding carboxylic acids is 3. The van der Waals surface area contributed by atoms with Crippen molar-refractivity contribution in [1.29, 1.82) is 0 Å². The van der Waals surface area contributed by atoms with Crippen LogP contribution in [-0.4, -0.2) is 62.1 Å². The van der Waals surface area contributed by atoms with E-state index in [1.807, 2.05) is 6.07 Å². The van der Waals surface area contributed by atoms with E-state index >= 15 is 0 Å². The van der Waals surface area contributed by atoms with Crippen molar-refractivity contribution in [2.45, 2.75) is 38.3 Å². The number of amides is 4. The fourth-order valence-electron chi connectivity index (χ4n) is 3.96. The average Bonchev–Trinajstić information content (AvgIpc) is 2.85. The molecule has 1 atom stereocenters. The number of likely N-dealkylation sites (tertiary alicyclic amines) is 1. The van der Waals surface area contributed by atoms with Gasteiger partial charge in [0.25, 0.3) is 0 Å². The topological polar surface area (TPSA) is 109 Å². The summed E-state index contributed by atoms with van der Waals surface area (Å²) in [5.74, 6) is 0.582. The van der Waals surface area contributed by atoms with Gasteiger partial charge in [-0.25, -0.2) is 4.79 Å². The molecule has 9 nitrogen and oxygen atoms in total. The number of anilines is 1. The lowest BCUT2D eigenvalue weighted by Crippen LogP contribution is -2.53. The van der Waals surface area contributed by atoms with Gasteiger partial charge in [0.1, 0.15) is 6.04 Å². The Labute approximate surface area is 210 Å². The summed E-state index contributed by atoms with van der Waals surface area (Å²) in [4.78, 5) is 39.0. The average molecular weight is 503 g/mol. The molecule has 35 heavy (non-hydrogen) atoms. The molecule has 2 aromatic carbocycles. The molecule has 1 aliphatic rings. The Hall–Kier alpha value is -3.46. The molecule has 1 heterocycles. The van der Waals surface area contributed by atoms with Crippen molar-refractivity contribution >= 4 is 35.1 Å². The van der Waals surface area contributed by atoms with Crippen LogP contribution < -0.4 is 25.4 Å². The molecule has 3 rings (SSSR count). The predicted molar refractivity (Wildman–Crippen MR) is 134 cm³/mol. The van der Waals surface area contributed by atoms with Crippen LogP contribution in [0.5, 0.6) is 11.5 Å². The Morgan fingerprint density at radius 2 is 1.69 bits per heavy atom. The molecule has 3 N–H and O–H groups in total. The van der Waals surface area contributed by atoms with Gasteiger partial charge in [0.05, 0.1) is 14.2 Å². The minimum Gasteiger partial charge on any atom is -0.493 e. The van der Waals surface area contributed by atoms with Crippen LogP contribution in [0.2, 0.25) is 5.02 Å².